The van der Waals surface area contributed by atoms with Crippen LogP contribution in [0.25, 0.3) is 21.5 Å². The highest BCUT2D eigenvalue weighted by molar-refractivity contribution is 6.12. The molecule has 0 radical (unpaired) electrons. The van der Waals surface area contributed by atoms with Crippen LogP contribution in [0, 0.1) is 6.92 Å². The zero-order valence-electron chi connectivity index (χ0n) is 19.1. The zero-order chi connectivity index (χ0) is 23.6. The van der Waals surface area contributed by atoms with Gasteiger partial charge in [-0.25, -0.2) is 9.59 Å². The molecule has 3 rings (SSSR count). The van der Waals surface area contributed by atoms with Gasteiger partial charge in [0.25, 0.3) is 0 Å². The molecule has 3 aromatic rings. The molecule has 0 aromatic heterocycles. The predicted octanol–water partition coefficient (Wildman–Crippen LogP) is 7.96. The molecule has 172 valence electrons. The number of benzene rings is 3. The van der Waals surface area contributed by atoms with E-state index in [1.54, 1.807) is 24.3 Å². The fourth-order valence-corrected chi connectivity index (χ4v) is 3.32. The third-order valence-electron chi connectivity index (χ3n) is 4.88. The Balaban J connectivity index is 2.04. The molecule has 3 aromatic carbocycles. The van der Waals surface area contributed by atoms with Gasteiger partial charge in [-0.15, -0.1) is 0 Å². The van der Waals surface area contributed by atoms with Crippen molar-refractivity contribution in [1.82, 2.24) is 0 Å². The quantitative estimate of drug-likeness (QED) is 0.151. The second kappa shape index (κ2) is 11.7. The first-order chi connectivity index (χ1) is 16.0. The van der Waals surface area contributed by atoms with E-state index in [1.807, 2.05) is 51.1 Å². The lowest BCUT2D eigenvalue weighted by atomic mass is 9.99. The number of ether oxygens (including phenoxy) is 4. The summed E-state index contributed by atoms with van der Waals surface area (Å²) in [6.45, 7) is 5.99. The van der Waals surface area contributed by atoms with Crippen molar-refractivity contribution in [3.05, 3.63) is 72.7 Å². The smallest absolute Gasteiger partial charge is 0.403 e. The summed E-state index contributed by atoms with van der Waals surface area (Å²) in [5.41, 5.74) is 0.954. The third-order valence-corrected chi connectivity index (χ3v) is 4.88. The van der Waals surface area contributed by atoms with Crippen LogP contribution >= 0.6 is 0 Å². The average molecular weight is 449 g/mol. The fourth-order valence-electron chi connectivity index (χ4n) is 3.32. The molecular weight excluding hydrogens is 420 g/mol. The van der Waals surface area contributed by atoms with Crippen molar-refractivity contribution in [2.75, 3.05) is 0 Å². The molecule has 0 unspecified atom stereocenters. The fraction of sp³-hybridized carbons (Fsp3) is 0.259. The predicted molar refractivity (Wildman–Crippen MR) is 129 cm³/mol. The Hall–Kier alpha value is -3.80. The Kier molecular flexibility index (Phi) is 8.47. The molecule has 6 nitrogen and oxygen atoms in total. The number of aryl methyl sites for hydroxylation is 1. The van der Waals surface area contributed by atoms with E-state index in [2.05, 4.69) is 0 Å². The largest absolute Gasteiger partial charge is 0.518 e. The molecule has 0 heterocycles. The van der Waals surface area contributed by atoms with Crippen LogP contribution in [-0.2, 0) is 9.47 Å². The standard InChI is InChI=1S/C27H28O6/c1-4-6-10-16-30-26(28)32-24-20-12-8-9-13-21(20)25(23-18-19(3)14-15-22(23)24)33-27(29)31-17-11-7-5-2/h8-18H,4-7H2,1-3H3/b16-10+,17-11+. The minimum absolute atomic E-state index is 0.332. The van der Waals surface area contributed by atoms with Gasteiger partial charge in [0.05, 0.1) is 12.5 Å². The summed E-state index contributed by atoms with van der Waals surface area (Å²) in [5, 5.41) is 2.44. The molecular formula is C27H28O6. The average Bonchev–Trinajstić information content (AvgIpc) is 2.81. The molecule has 0 aliphatic heterocycles. The third kappa shape index (κ3) is 6.13. The lowest BCUT2D eigenvalue weighted by molar-refractivity contribution is 0.134. The molecule has 0 saturated heterocycles. The molecule has 0 amide bonds. The highest BCUT2D eigenvalue weighted by Crippen LogP contribution is 2.43. The van der Waals surface area contributed by atoms with Gasteiger partial charge in [-0.3, -0.25) is 0 Å². The number of hydrogen-bond acceptors (Lipinski definition) is 6. The van der Waals surface area contributed by atoms with Crippen molar-refractivity contribution < 1.29 is 28.5 Å². The van der Waals surface area contributed by atoms with Gasteiger partial charge in [-0.1, -0.05) is 68.7 Å². The summed E-state index contributed by atoms with van der Waals surface area (Å²) >= 11 is 0. The van der Waals surface area contributed by atoms with Crippen LogP contribution < -0.4 is 9.47 Å². The maximum Gasteiger partial charge on any atom is 0.518 e. The second-order valence-corrected chi connectivity index (χ2v) is 7.51. The minimum atomic E-state index is -0.844. The molecule has 0 atom stereocenters. The number of unbranched alkanes of at least 4 members (excludes halogenated alkanes) is 2. The van der Waals surface area contributed by atoms with Crippen LogP contribution in [0.2, 0.25) is 0 Å². The summed E-state index contributed by atoms with van der Waals surface area (Å²) < 4.78 is 21.4. The summed E-state index contributed by atoms with van der Waals surface area (Å²) in [4.78, 5) is 24.7. The van der Waals surface area contributed by atoms with Crippen molar-refractivity contribution >= 4 is 33.9 Å². The second-order valence-electron chi connectivity index (χ2n) is 7.51. The minimum Gasteiger partial charge on any atom is -0.403 e. The molecule has 0 saturated carbocycles. The Morgan fingerprint density at radius 1 is 0.727 bits per heavy atom. The molecule has 0 N–H and O–H groups in total. The van der Waals surface area contributed by atoms with Crippen LogP contribution in [-0.4, -0.2) is 12.3 Å². The van der Waals surface area contributed by atoms with Crippen molar-refractivity contribution in [1.29, 1.82) is 0 Å². The van der Waals surface area contributed by atoms with E-state index in [0.29, 0.717) is 33.0 Å². The number of carbonyl (C=O) groups excluding carboxylic acids is 2. The molecule has 0 spiro atoms. The van der Waals surface area contributed by atoms with Crippen LogP contribution in [0.1, 0.15) is 45.1 Å². The first-order valence-electron chi connectivity index (χ1n) is 11.1. The zero-order valence-corrected chi connectivity index (χ0v) is 19.1. The van der Waals surface area contributed by atoms with E-state index >= 15 is 0 Å². The van der Waals surface area contributed by atoms with Gasteiger partial charge in [-0.2, -0.15) is 0 Å². The number of fused-ring (bicyclic) bond motifs is 2. The van der Waals surface area contributed by atoms with Crippen LogP contribution in [0.3, 0.4) is 0 Å². The summed E-state index contributed by atoms with van der Waals surface area (Å²) in [7, 11) is 0. The van der Waals surface area contributed by atoms with Gasteiger partial charge < -0.3 is 18.9 Å². The summed E-state index contributed by atoms with van der Waals surface area (Å²) in [6.07, 6.45) is 8.00. The molecule has 0 bridgehead atoms. The van der Waals surface area contributed by atoms with Crippen molar-refractivity contribution in [2.45, 2.75) is 46.5 Å². The number of rotatable bonds is 8. The van der Waals surface area contributed by atoms with E-state index < -0.39 is 12.3 Å². The summed E-state index contributed by atoms with van der Waals surface area (Å²) in [5.74, 6) is 0.666. The van der Waals surface area contributed by atoms with Gasteiger partial charge >= 0.3 is 12.3 Å². The van der Waals surface area contributed by atoms with Crippen molar-refractivity contribution in [3.8, 4) is 11.5 Å². The Morgan fingerprint density at radius 2 is 1.21 bits per heavy atom. The first-order valence-corrected chi connectivity index (χ1v) is 11.1. The van der Waals surface area contributed by atoms with E-state index in [0.717, 1.165) is 31.2 Å². The topological polar surface area (TPSA) is 71.1 Å². The van der Waals surface area contributed by atoms with Gasteiger partial charge in [0.1, 0.15) is 11.5 Å². The normalized spacial score (nSPS) is 11.4. The lowest BCUT2D eigenvalue weighted by Gasteiger charge is -2.16. The van der Waals surface area contributed by atoms with Gasteiger partial charge in [-0.05, 0) is 38.0 Å². The first kappa shape index (κ1) is 23.9. The van der Waals surface area contributed by atoms with Crippen LogP contribution in [0.4, 0.5) is 9.59 Å². The maximum atomic E-state index is 12.4. The van der Waals surface area contributed by atoms with E-state index in [9.17, 15) is 9.59 Å². The van der Waals surface area contributed by atoms with E-state index in [1.165, 1.54) is 12.5 Å². The Labute approximate surface area is 193 Å². The Bertz CT molecular complexity index is 1190. The van der Waals surface area contributed by atoms with Gasteiger partial charge in [0, 0.05) is 21.5 Å². The summed E-state index contributed by atoms with van der Waals surface area (Å²) in [6, 6.07) is 12.8. The molecule has 0 aliphatic carbocycles. The lowest BCUT2D eigenvalue weighted by Crippen LogP contribution is -2.10. The van der Waals surface area contributed by atoms with Gasteiger partial charge in [0.15, 0.2) is 0 Å². The number of hydrogen-bond donors (Lipinski definition) is 0. The highest BCUT2D eigenvalue weighted by Gasteiger charge is 2.21. The number of allylic oxidation sites excluding steroid dienone is 2. The molecule has 0 fully saturated rings. The van der Waals surface area contributed by atoms with Crippen LogP contribution in [0.5, 0.6) is 11.5 Å². The van der Waals surface area contributed by atoms with E-state index in [-0.39, 0.29) is 0 Å². The highest BCUT2D eigenvalue weighted by atomic mass is 16.7. The molecule has 33 heavy (non-hydrogen) atoms. The molecule has 6 heteroatoms. The van der Waals surface area contributed by atoms with Crippen molar-refractivity contribution in [2.24, 2.45) is 0 Å². The SMILES string of the molecule is CCC/C=C/OC(=O)Oc1c2ccccc2c(OC(=O)O/C=C/CCC)c2cc(C)ccc12. The van der Waals surface area contributed by atoms with Crippen LogP contribution in [0.15, 0.2) is 67.1 Å². The van der Waals surface area contributed by atoms with E-state index in [4.69, 9.17) is 18.9 Å². The van der Waals surface area contributed by atoms with Gasteiger partial charge in [0.2, 0.25) is 0 Å². The number of carbonyl (C=O) groups is 2. The van der Waals surface area contributed by atoms with Crippen molar-refractivity contribution in [3.63, 3.8) is 0 Å². The Morgan fingerprint density at radius 3 is 1.73 bits per heavy atom. The monoisotopic (exact) mass is 448 g/mol. The maximum absolute atomic E-state index is 12.4. The molecule has 0 aliphatic rings.